The molecule has 1 aliphatic heterocycles. The summed E-state index contributed by atoms with van der Waals surface area (Å²) in [5, 5.41) is 6.72. The second-order valence-corrected chi connectivity index (χ2v) is 11.2. The number of aryl methyl sites for hydroxylation is 1. The van der Waals surface area contributed by atoms with Crippen LogP contribution in [0.4, 0.5) is 21.9 Å². The molecule has 0 radical (unpaired) electrons. The average Bonchev–Trinajstić information content (AvgIpc) is 3.81. The van der Waals surface area contributed by atoms with Crippen molar-refractivity contribution in [1.82, 2.24) is 15.3 Å². The van der Waals surface area contributed by atoms with Crippen LogP contribution in [0.25, 0.3) is 0 Å². The molecule has 12 heteroatoms. The summed E-state index contributed by atoms with van der Waals surface area (Å²) in [5.74, 6) is -1.71. The van der Waals surface area contributed by atoms with Crippen molar-refractivity contribution >= 4 is 40.9 Å². The molecule has 4 aromatic rings. The lowest BCUT2D eigenvalue weighted by Gasteiger charge is -2.34. The second kappa shape index (κ2) is 14.8. The zero-order valence-electron chi connectivity index (χ0n) is 26.8. The van der Waals surface area contributed by atoms with Crippen molar-refractivity contribution in [2.75, 3.05) is 28.4 Å². The van der Waals surface area contributed by atoms with Gasteiger partial charge in [-0.2, -0.15) is 5.43 Å². The zero-order valence-corrected chi connectivity index (χ0v) is 26.8. The van der Waals surface area contributed by atoms with E-state index in [0.717, 1.165) is 30.7 Å². The SMILES string of the molecule is CCCCCCCOC(=O)N1NC(NC(=O)c2ccccc2NC(=O)c2cccn2C)(C(=O)N(CC)c2ccccc2)c2occc21. The second-order valence-electron chi connectivity index (χ2n) is 11.2. The summed E-state index contributed by atoms with van der Waals surface area (Å²) in [4.78, 5) is 56.8. The van der Waals surface area contributed by atoms with Crippen LogP contribution < -0.4 is 26.0 Å². The number of anilines is 3. The first kappa shape index (κ1) is 33.0. The number of furan rings is 1. The van der Waals surface area contributed by atoms with Crippen molar-refractivity contribution in [1.29, 1.82) is 0 Å². The van der Waals surface area contributed by atoms with Crippen molar-refractivity contribution in [3.05, 3.63) is 102 Å². The summed E-state index contributed by atoms with van der Waals surface area (Å²) in [6.45, 7) is 4.37. The molecule has 3 heterocycles. The van der Waals surface area contributed by atoms with Crippen LogP contribution >= 0.6 is 0 Å². The number of hydrazine groups is 1. The first-order chi connectivity index (χ1) is 22.8. The third kappa shape index (κ3) is 6.92. The molecule has 12 nitrogen and oxygen atoms in total. The monoisotopic (exact) mass is 640 g/mol. The van der Waals surface area contributed by atoms with Crippen LogP contribution in [-0.2, 0) is 22.2 Å². The average molecular weight is 641 g/mol. The lowest BCUT2D eigenvalue weighted by Crippen LogP contribution is -2.66. The molecule has 2 aromatic heterocycles. The minimum atomic E-state index is -2.06. The third-order valence-electron chi connectivity index (χ3n) is 8.01. The van der Waals surface area contributed by atoms with E-state index in [0.29, 0.717) is 17.8 Å². The summed E-state index contributed by atoms with van der Waals surface area (Å²) in [5.41, 5.74) is 2.39. The fourth-order valence-corrected chi connectivity index (χ4v) is 5.56. The van der Waals surface area contributed by atoms with E-state index in [9.17, 15) is 19.2 Å². The molecule has 47 heavy (non-hydrogen) atoms. The van der Waals surface area contributed by atoms with Gasteiger partial charge in [-0.3, -0.25) is 14.4 Å². The fourth-order valence-electron chi connectivity index (χ4n) is 5.56. The van der Waals surface area contributed by atoms with E-state index >= 15 is 0 Å². The molecule has 0 saturated heterocycles. The number of carbonyl (C=O) groups excluding carboxylic acids is 4. The van der Waals surface area contributed by atoms with Gasteiger partial charge in [0.1, 0.15) is 11.4 Å². The highest BCUT2D eigenvalue weighted by Gasteiger charge is 2.56. The van der Waals surface area contributed by atoms with Gasteiger partial charge in [-0.05, 0) is 49.7 Å². The number of nitrogens with zero attached hydrogens (tertiary/aromatic N) is 3. The number of aromatic nitrogens is 1. The van der Waals surface area contributed by atoms with Crippen molar-refractivity contribution in [3.63, 3.8) is 0 Å². The highest BCUT2D eigenvalue weighted by Crippen LogP contribution is 2.39. The number of fused-ring (bicyclic) bond motifs is 1. The Morgan fingerprint density at radius 3 is 2.36 bits per heavy atom. The number of para-hydroxylation sites is 2. The molecule has 3 N–H and O–H groups in total. The molecule has 5 rings (SSSR count). The van der Waals surface area contributed by atoms with Gasteiger partial charge in [0.25, 0.3) is 23.4 Å². The third-order valence-corrected chi connectivity index (χ3v) is 8.01. The van der Waals surface area contributed by atoms with Gasteiger partial charge in [-0.15, -0.1) is 0 Å². The molecule has 1 atom stereocenters. The highest BCUT2D eigenvalue weighted by molar-refractivity contribution is 6.11. The summed E-state index contributed by atoms with van der Waals surface area (Å²) in [7, 11) is 1.74. The van der Waals surface area contributed by atoms with Crippen LogP contribution in [0.15, 0.2) is 89.7 Å². The van der Waals surface area contributed by atoms with Crippen molar-refractivity contribution in [2.24, 2.45) is 7.05 Å². The van der Waals surface area contributed by atoms with Gasteiger partial charge in [0.15, 0.2) is 5.76 Å². The number of unbranched alkanes of at least 4 members (excludes halogenated alkanes) is 4. The standard InChI is InChI=1S/C35H40N6O6/c1-4-6-7-8-14-23-47-34(45)41-28-21-24-46-30(28)35(38-41,33(44)40(5-2)25-16-10-9-11-17-25)37-31(42)26-18-12-13-19-27(26)36-32(43)29-20-15-22-39(29)3/h9-13,15-22,24,38H,4-8,14,23H2,1-3H3,(H,36,43)(H,37,42). The van der Waals surface area contributed by atoms with E-state index in [4.69, 9.17) is 9.15 Å². The van der Waals surface area contributed by atoms with Gasteiger partial charge in [0, 0.05) is 31.5 Å². The van der Waals surface area contributed by atoms with Crippen LogP contribution in [0.3, 0.4) is 0 Å². The predicted molar refractivity (Wildman–Crippen MR) is 178 cm³/mol. The lowest BCUT2D eigenvalue weighted by atomic mass is 10.0. The Balaban J connectivity index is 1.47. The van der Waals surface area contributed by atoms with Crippen molar-refractivity contribution in [2.45, 2.75) is 51.6 Å². The van der Waals surface area contributed by atoms with Crippen LogP contribution in [0.1, 0.15) is 72.6 Å². The van der Waals surface area contributed by atoms with Gasteiger partial charge >= 0.3 is 6.09 Å². The summed E-state index contributed by atoms with van der Waals surface area (Å²) in [6.07, 6.45) is 7.22. The number of nitrogens with one attached hydrogen (secondary N) is 3. The maximum absolute atomic E-state index is 14.6. The quantitative estimate of drug-likeness (QED) is 0.154. The first-order valence-electron chi connectivity index (χ1n) is 15.8. The normalized spacial score (nSPS) is 15.2. The minimum Gasteiger partial charge on any atom is -0.462 e. The smallest absolute Gasteiger partial charge is 0.429 e. The number of benzene rings is 2. The molecule has 2 aromatic carbocycles. The molecule has 0 saturated carbocycles. The molecule has 0 aliphatic carbocycles. The number of rotatable bonds is 13. The van der Waals surface area contributed by atoms with Gasteiger partial charge < -0.3 is 29.3 Å². The van der Waals surface area contributed by atoms with Crippen molar-refractivity contribution < 1.29 is 28.3 Å². The van der Waals surface area contributed by atoms with Gasteiger partial charge in [0.2, 0.25) is 0 Å². The maximum atomic E-state index is 14.6. The van der Waals surface area contributed by atoms with Crippen LogP contribution in [0, 0.1) is 0 Å². The maximum Gasteiger partial charge on any atom is 0.429 e. The van der Waals surface area contributed by atoms with Crippen molar-refractivity contribution in [3.8, 4) is 0 Å². The van der Waals surface area contributed by atoms with E-state index < -0.39 is 29.5 Å². The van der Waals surface area contributed by atoms with Crippen LogP contribution in [0.5, 0.6) is 0 Å². The number of likely N-dealkylation sites (N-methyl/N-ethyl adjacent to an activating group) is 1. The van der Waals surface area contributed by atoms with Gasteiger partial charge in [0.05, 0.1) is 24.1 Å². The molecule has 1 aliphatic rings. The topological polar surface area (TPSA) is 138 Å². The number of ether oxygens (including phenoxy) is 1. The number of hydrogen-bond acceptors (Lipinski definition) is 7. The van der Waals surface area contributed by atoms with E-state index in [-0.39, 0.29) is 35.9 Å². The van der Waals surface area contributed by atoms with E-state index in [1.54, 1.807) is 79.3 Å². The van der Waals surface area contributed by atoms with Crippen LogP contribution in [-0.4, -0.2) is 41.5 Å². The molecule has 0 bridgehead atoms. The number of hydrogen-bond donors (Lipinski definition) is 3. The Bertz CT molecular complexity index is 1720. The summed E-state index contributed by atoms with van der Waals surface area (Å²) >= 11 is 0. The molecule has 1 unspecified atom stereocenters. The van der Waals surface area contributed by atoms with Gasteiger partial charge in [-0.25, -0.2) is 9.80 Å². The number of amides is 4. The predicted octanol–water partition coefficient (Wildman–Crippen LogP) is 5.94. The molecule has 4 amide bonds. The van der Waals surface area contributed by atoms with Crippen LogP contribution in [0.2, 0.25) is 0 Å². The molecule has 0 spiro atoms. The zero-order chi connectivity index (χ0) is 33.4. The number of carbonyl (C=O) groups is 4. The Morgan fingerprint density at radius 1 is 0.894 bits per heavy atom. The fraction of sp³-hybridized carbons (Fsp3) is 0.314. The Hall–Kier alpha value is -5.36. The highest BCUT2D eigenvalue weighted by atomic mass is 16.6. The summed E-state index contributed by atoms with van der Waals surface area (Å²) < 4.78 is 13.1. The Kier molecular flexibility index (Phi) is 10.4. The van der Waals surface area contributed by atoms with Gasteiger partial charge in [-0.1, -0.05) is 62.9 Å². The Labute approximate surface area is 273 Å². The molecule has 246 valence electrons. The lowest BCUT2D eigenvalue weighted by molar-refractivity contribution is -0.126. The minimum absolute atomic E-state index is 0.00968. The van der Waals surface area contributed by atoms with E-state index in [1.807, 2.05) is 6.07 Å². The summed E-state index contributed by atoms with van der Waals surface area (Å²) in [6, 6.07) is 20.4. The van der Waals surface area contributed by atoms with E-state index in [2.05, 4.69) is 23.0 Å². The van der Waals surface area contributed by atoms with E-state index in [1.165, 1.54) is 23.3 Å². The first-order valence-corrected chi connectivity index (χ1v) is 15.8. The molecule has 0 fully saturated rings. The largest absolute Gasteiger partial charge is 0.462 e. The Morgan fingerprint density at radius 2 is 1.64 bits per heavy atom. The molecular weight excluding hydrogens is 600 g/mol. The molecular formula is C35H40N6O6.